The lowest BCUT2D eigenvalue weighted by atomic mass is 10.2. The van der Waals surface area contributed by atoms with Gasteiger partial charge in [0.25, 0.3) is 0 Å². The zero-order valence-electron chi connectivity index (χ0n) is 15.6. The SMILES string of the molecule is O=C(CN(Cc1ccc(Br)cc1)S(=O)(=O)c1ccc(Cl)cc1)Nc1cccc(F)c1. The molecule has 0 fully saturated rings. The Hall–Kier alpha value is -2.26. The molecule has 0 aliphatic carbocycles. The Labute approximate surface area is 187 Å². The molecule has 0 atom stereocenters. The van der Waals surface area contributed by atoms with Gasteiger partial charge in [0.2, 0.25) is 15.9 Å². The molecule has 1 N–H and O–H groups in total. The van der Waals surface area contributed by atoms with Crippen LogP contribution in [0.2, 0.25) is 5.02 Å². The minimum absolute atomic E-state index is 0.0163. The Morgan fingerprint density at radius 2 is 1.70 bits per heavy atom. The number of benzene rings is 3. The van der Waals surface area contributed by atoms with Gasteiger partial charge in [0.15, 0.2) is 0 Å². The maximum atomic E-state index is 13.4. The molecule has 156 valence electrons. The van der Waals surface area contributed by atoms with Crippen LogP contribution in [0.1, 0.15) is 5.56 Å². The summed E-state index contributed by atoms with van der Waals surface area (Å²) in [5.41, 5.74) is 0.946. The minimum Gasteiger partial charge on any atom is -0.325 e. The molecule has 3 aromatic rings. The van der Waals surface area contributed by atoms with Crippen molar-refractivity contribution in [1.82, 2.24) is 4.31 Å². The Morgan fingerprint density at radius 3 is 2.33 bits per heavy atom. The van der Waals surface area contributed by atoms with Crippen molar-refractivity contribution in [2.24, 2.45) is 0 Å². The third-order valence-electron chi connectivity index (χ3n) is 4.15. The number of halogens is 3. The monoisotopic (exact) mass is 510 g/mol. The van der Waals surface area contributed by atoms with Crippen LogP contribution in [0.5, 0.6) is 0 Å². The number of amides is 1. The summed E-state index contributed by atoms with van der Waals surface area (Å²) in [4.78, 5) is 12.6. The normalized spacial score (nSPS) is 11.5. The topological polar surface area (TPSA) is 66.5 Å². The molecule has 3 rings (SSSR count). The van der Waals surface area contributed by atoms with Gasteiger partial charge >= 0.3 is 0 Å². The molecule has 0 heterocycles. The fraction of sp³-hybridized carbons (Fsp3) is 0.0952. The van der Waals surface area contributed by atoms with Gasteiger partial charge < -0.3 is 5.32 Å². The summed E-state index contributed by atoms with van der Waals surface area (Å²) in [6.07, 6.45) is 0. The lowest BCUT2D eigenvalue weighted by Gasteiger charge is -2.22. The standard InChI is InChI=1S/C21H17BrClFN2O3S/c22-16-6-4-15(5-7-16)13-26(30(28,29)20-10-8-17(23)9-11-20)14-21(27)25-19-3-1-2-18(24)12-19/h1-12H,13-14H2,(H,25,27). The van der Waals surface area contributed by atoms with E-state index in [1.54, 1.807) is 24.3 Å². The lowest BCUT2D eigenvalue weighted by Crippen LogP contribution is -2.37. The van der Waals surface area contributed by atoms with E-state index >= 15 is 0 Å². The van der Waals surface area contributed by atoms with Crippen molar-refractivity contribution in [3.8, 4) is 0 Å². The summed E-state index contributed by atoms with van der Waals surface area (Å²) in [6, 6.07) is 18.2. The van der Waals surface area contributed by atoms with Gasteiger partial charge in [-0.3, -0.25) is 4.79 Å². The van der Waals surface area contributed by atoms with Crippen LogP contribution < -0.4 is 5.32 Å². The highest BCUT2D eigenvalue weighted by atomic mass is 79.9. The van der Waals surface area contributed by atoms with Crippen molar-refractivity contribution in [3.05, 3.63) is 93.7 Å². The van der Waals surface area contributed by atoms with E-state index in [0.29, 0.717) is 10.6 Å². The summed E-state index contributed by atoms with van der Waals surface area (Å²) in [6.45, 7) is -0.466. The molecule has 0 aliphatic heterocycles. The first kappa shape index (κ1) is 22.4. The second kappa shape index (κ2) is 9.70. The van der Waals surface area contributed by atoms with Crippen LogP contribution in [0.15, 0.2) is 82.2 Å². The second-order valence-corrected chi connectivity index (χ2v) is 9.70. The van der Waals surface area contributed by atoms with Gasteiger partial charge in [-0.2, -0.15) is 4.31 Å². The molecule has 0 aliphatic rings. The summed E-state index contributed by atoms with van der Waals surface area (Å²) >= 11 is 9.20. The summed E-state index contributed by atoms with van der Waals surface area (Å²) in [5, 5.41) is 2.93. The number of hydrogen-bond acceptors (Lipinski definition) is 3. The van der Waals surface area contributed by atoms with Gasteiger partial charge in [-0.1, -0.05) is 45.7 Å². The van der Waals surface area contributed by atoms with E-state index in [9.17, 15) is 17.6 Å². The molecule has 30 heavy (non-hydrogen) atoms. The molecule has 0 saturated heterocycles. The van der Waals surface area contributed by atoms with E-state index in [4.69, 9.17) is 11.6 Å². The van der Waals surface area contributed by atoms with E-state index < -0.39 is 28.3 Å². The molecule has 0 spiro atoms. The van der Waals surface area contributed by atoms with Crippen LogP contribution >= 0.6 is 27.5 Å². The van der Waals surface area contributed by atoms with Crippen molar-refractivity contribution >= 4 is 49.1 Å². The number of carbonyl (C=O) groups excluding carboxylic acids is 1. The molecule has 0 bridgehead atoms. The number of nitrogens with one attached hydrogen (secondary N) is 1. The predicted octanol–water partition coefficient (Wildman–Crippen LogP) is 5.07. The molecular weight excluding hydrogens is 495 g/mol. The average Bonchev–Trinajstić information content (AvgIpc) is 2.69. The first-order valence-corrected chi connectivity index (χ1v) is 11.4. The highest BCUT2D eigenvalue weighted by molar-refractivity contribution is 9.10. The first-order valence-electron chi connectivity index (χ1n) is 8.79. The molecule has 0 aromatic heterocycles. The van der Waals surface area contributed by atoms with Gasteiger partial charge in [-0.15, -0.1) is 0 Å². The molecule has 0 radical (unpaired) electrons. The number of carbonyl (C=O) groups is 1. The maximum Gasteiger partial charge on any atom is 0.243 e. The van der Waals surface area contributed by atoms with Crippen LogP contribution in [-0.4, -0.2) is 25.2 Å². The number of sulfonamides is 1. The van der Waals surface area contributed by atoms with E-state index in [2.05, 4.69) is 21.2 Å². The fourth-order valence-corrected chi connectivity index (χ4v) is 4.48. The van der Waals surface area contributed by atoms with Gasteiger partial charge in [0.1, 0.15) is 5.82 Å². The van der Waals surface area contributed by atoms with Crippen molar-refractivity contribution in [1.29, 1.82) is 0 Å². The van der Waals surface area contributed by atoms with Crippen molar-refractivity contribution in [2.45, 2.75) is 11.4 Å². The van der Waals surface area contributed by atoms with E-state index in [1.807, 2.05) is 0 Å². The Kier molecular flexibility index (Phi) is 7.25. The van der Waals surface area contributed by atoms with Gasteiger partial charge in [0, 0.05) is 21.7 Å². The largest absolute Gasteiger partial charge is 0.325 e. The highest BCUT2D eigenvalue weighted by Crippen LogP contribution is 2.21. The van der Waals surface area contributed by atoms with Crippen LogP contribution in [0.4, 0.5) is 10.1 Å². The Bertz CT molecular complexity index is 1140. The number of hydrogen-bond donors (Lipinski definition) is 1. The van der Waals surface area contributed by atoms with Crippen LogP contribution in [0.25, 0.3) is 0 Å². The fourth-order valence-electron chi connectivity index (χ4n) is 2.70. The summed E-state index contributed by atoms with van der Waals surface area (Å²) in [5.74, 6) is -1.09. The molecule has 0 unspecified atom stereocenters. The summed E-state index contributed by atoms with van der Waals surface area (Å²) in [7, 11) is -3.99. The molecule has 1 amide bonds. The molecule has 0 saturated carbocycles. The molecular formula is C21H17BrClFN2O3S. The third-order valence-corrected chi connectivity index (χ3v) is 6.74. The van der Waals surface area contributed by atoms with Crippen LogP contribution in [0.3, 0.4) is 0 Å². The second-order valence-electron chi connectivity index (χ2n) is 6.41. The zero-order chi connectivity index (χ0) is 21.7. The van der Waals surface area contributed by atoms with Crippen molar-refractivity contribution in [2.75, 3.05) is 11.9 Å². The quantitative estimate of drug-likeness (QED) is 0.482. The zero-order valence-corrected chi connectivity index (χ0v) is 18.7. The van der Waals surface area contributed by atoms with E-state index in [0.717, 1.165) is 14.8 Å². The van der Waals surface area contributed by atoms with E-state index in [-0.39, 0.29) is 17.1 Å². The van der Waals surface area contributed by atoms with Gasteiger partial charge in [-0.25, -0.2) is 12.8 Å². The average molecular weight is 512 g/mol. The number of rotatable bonds is 7. The van der Waals surface area contributed by atoms with Crippen LogP contribution in [-0.2, 0) is 21.4 Å². The lowest BCUT2D eigenvalue weighted by molar-refractivity contribution is -0.116. The molecule has 9 heteroatoms. The number of nitrogens with zero attached hydrogens (tertiary/aromatic N) is 1. The molecule has 3 aromatic carbocycles. The minimum atomic E-state index is -3.99. The van der Waals surface area contributed by atoms with Gasteiger partial charge in [0.05, 0.1) is 11.4 Å². The highest BCUT2D eigenvalue weighted by Gasteiger charge is 2.27. The third kappa shape index (κ3) is 5.89. The predicted molar refractivity (Wildman–Crippen MR) is 118 cm³/mol. The van der Waals surface area contributed by atoms with Gasteiger partial charge in [-0.05, 0) is 60.2 Å². The first-order chi connectivity index (χ1) is 14.2. The van der Waals surface area contributed by atoms with E-state index in [1.165, 1.54) is 42.5 Å². The van der Waals surface area contributed by atoms with Crippen molar-refractivity contribution < 1.29 is 17.6 Å². The number of anilines is 1. The van der Waals surface area contributed by atoms with Crippen LogP contribution in [0, 0.1) is 5.82 Å². The summed E-state index contributed by atoms with van der Waals surface area (Å²) < 4.78 is 41.7. The van der Waals surface area contributed by atoms with Crippen molar-refractivity contribution in [3.63, 3.8) is 0 Å². The smallest absolute Gasteiger partial charge is 0.243 e. The Balaban J connectivity index is 1.87. The Morgan fingerprint density at radius 1 is 1.03 bits per heavy atom. The maximum absolute atomic E-state index is 13.4. The molecule has 5 nitrogen and oxygen atoms in total.